The van der Waals surface area contributed by atoms with Crippen molar-refractivity contribution in [3.8, 4) is 11.5 Å². The van der Waals surface area contributed by atoms with Gasteiger partial charge in [0.05, 0.1) is 5.56 Å². The summed E-state index contributed by atoms with van der Waals surface area (Å²) in [7, 11) is 0. The third kappa shape index (κ3) is 5.03. The number of hydrogen-bond acceptors (Lipinski definition) is 6. The van der Waals surface area contributed by atoms with Gasteiger partial charge in [-0.2, -0.15) is 0 Å². The van der Waals surface area contributed by atoms with Gasteiger partial charge in [-0.05, 0) is 29.2 Å². The Labute approximate surface area is 211 Å². The van der Waals surface area contributed by atoms with Crippen molar-refractivity contribution in [1.29, 1.82) is 0 Å². The molecule has 1 aliphatic rings. The molecule has 0 heterocycles. The van der Waals surface area contributed by atoms with E-state index in [1.54, 1.807) is 19.9 Å². The molecule has 6 heteroatoms. The summed E-state index contributed by atoms with van der Waals surface area (Å²) in [5.41, 5.74) is 0.866. The maximum Gasteiger partial charge on any atom is 0.304 e. The maximum absolute atomic E-state index is 13.6. The molecule has 0 aromatic heterocycles. The van der Waals surface area contributed by atoms with E-state index in [1.165, 1.54) is 6.92 Å². The first-order valence-corrected chi connectivity index (χ1v) is 12.1. The van der Waals surface area contributed by atoms with E-state index in [9.17, 15) is 14.4 Å². The van der Waals surface area contributed by atoms with E-state index in [-0.39, 0.29) is 13.0 Å². The van der Waals surface area contributed by atoms with Gasteiger partial charge in [0.25, 0.3) is 5.60 Å². The molecular weight excluding hydrogens is 456 g/mol. The van der Waals surface area contributed by atoms with Gasteiger partial charge in [0.15, 0.2) is 11.6 Å². The summed E-state index contributed by atoms with van der Waals surface area (Å²) in [6, 6.07) is 22.8. The summed E-state index contributed by atoms with van der Waals surface area (Å²) < 4.78 is 18.0. The second-order valence-electron chi connectivity index (χ2n) is 9.03. The lowest BCUT2D eigenvalue weighted by molar-refractivity contribution is -0.176. The number of hydrogen-bond donors (Lipinski definition) is 0. The monoisotopic (exact) mass is 486 g/mol. The minimum absolute atomic E-state index is 0.0234. The molecule has 3 aromatic rings. The maximum atomic E-state index is 13.6. The Morgan fingerprint density at radius 3 is 2.06 bits per heavy atom. The minimum Gasteiger partial charge on any atom is -0.489 e. The standard InChI is InChI=1S/C30H30O6/c1-4-27(32)30(36-21(3)31)28-24(15-20(2)29(30)33)16-25(34-18-22-11-7-5-8-12-22)17-26(28)35-19-23-13-9-6-10-14-23/h5-14,16-17,20H,4,15,18-19H2,1-3H3/t20-,30+/m0/s1. The molecule has 4 rings (SSSR count). The van der Waals surface area contributed by atoms with Gasteiger partial charge < -0.3 is 14.2 Å². The molecule has 3 aromatic carbocycles. The number of ether oxygens (including phenoxy) is 3. The third-order valence-electron chi connectivity index (χ3n) is 6.33. The molecule has 36 heavy (non-hydrogen) atoms. The second-order valence-corrected chi connectivity index (χ2v) is 9.03. The molecule has 0 aliphatic heterocycles. The van der Waals surface area contributed by atoms with Gasteiger partial charge in [0, 0.05) is 25.3 Å². The highest BCUT2D eigenvalue weighted by atomic mass is 16.6. The SMILES string of the molecule is CCC(=O)[C@]1(OC(C)=O)C(=O)[C@@H](C)Cc2cc(OCc3ccccc3)cc(OCc3ccccc3)c21. The summed E-state index contributed by atoms with van der Waals surface area (Å²) in [4.78, 5) is 39.2. The van der Waals surface area contributed by atoms with Crippen LogP contribution in [0.4, 0.5) is 0 Å². The Kier molecular flexibility index (Phi) is 7.53. The zero-order valence-electron chi connectivity index (χ0n) is 20.8. The number of ketones is 2. The molecule has 6 nitrogen and oxygen atoms in total. The van der Waals surface area contributed by atoms with Gasteiger partial charge in [-0.15, -0.1) is 0 Å². The summed E-state index contributed by atoms with van der Waals surface area (Å²) >= 11 is 0. The normalized spacial score (nSPS) is 18.8. The average Bonchev–Trinajstić information content (AvgIpc) is 2.89. The first-order valence-electron chi connectivity index (χ1n) is 12.1. The molecule has 0 spiro atoms. The van der Waals surface area contributed by atoms with Crippen LogP contribution >= 0.6 is 0 Å². The van der Waals surface area contributed by atoms with Gasteiger partial charge in [-0.1, -0.05) is 74.5 Å². The van der Waals surface area contributed by atoms with Crippen LogP contribution in [-0.2, 0) is 44.4 Å². The van der Waals surface area contributed by atoms with Crippen molar-refractivity contribution in [3.63, 3.8) is 0 Å². The topological polar surface area (TPSA) is 78.9 Å². The Balaban J connectivity index is 1.83. The number of Topliss-reactive ketones (excluding diaryl/α,β-unsaturated/α-hetero) is 2. The van der Waals surface area contributed by atoms with Crippen LogP contribution in [0.1, 0.15) is 49.4 Å². The van der Waals surface area contributed by atoms with Gasteiger partial charge in [-0.3, -0.25) is 14.4 Å². The molecule has 0 saturated carbocycles. The number of carbonyl (C=O) groups excluding carboxylic acids is 3. The molecule has 186 valence electrons. The molecule has 0 saturated heterocycles. The van der Waals surface area contributed by atoms with E-state index in [0.717, 1.165) is 11.1 Å². The molecule has 0 fully saturated rings. The van der Waals surface area contributed by atoms with E-state index in [0.29, 0.717) is 35.7 Å². The lowest BCUT2D eigenvalue weighted by Gasteiger charge is -2.39. The molecule has 0 amide bonds. The van der Waals surface area contributed by atoms with Crippen molar-refractivity contribution in [2.45, 2.75) is 52.4 Å². The Hall–Kier alpha value is -3.93. The first-order chi connectivity index (χ1) is 17.3. The van der Waals surface area contributed by atoms with Gasteiger partial charge >= 0.3 is 5.97 Å². The molecule has 0 radical (unpaired) electrons. The van der Waals surface area contributed by atoms with E-state index in [2.05, 4.69) is 0 Å². The highest BCUT2D eigenvalue weighted by molar-refractivity contribution is 6.14. The number of benzene rings is 3. The van der Waals surface area contributed by atoms with Crippen LogP contribution in [0.25, 0.3) is 0 Å². The first kappa shape index (κ1) is 25.2. The van der Waals surface area contributed by atoms with Crippen molar-refractivity contribution in [3.05, 3.63) is 95.1 Å². The van der Waals surface area contributed by atoms with Gasteiger partial charge in [-0.25, -0.2) is 0 Å². The average molecular weight is 487 g/mol. The fraction of sp³-hybridized carbons (Fsp3) is 0.300. The number of rotatable bonds is 9. The predicted octanol–water partition coefficient (Wildman–Crippen LogP) is 5.34. The highest BCUT2D eigenvalue weighted by Crippen LogP contribution is 2.47. The van der Waals surface area contributed by atoms with Gasteiger partial charge in [0.2, 0.25) is 0 Å². The third-order valence-corrected chi connectivity index (χ3v) is 6.33. The minimum atomic E-state index is -2.04. The van der Waals surface area contributed by atoms with Crippen molar-refractivity contribution >= 4 is 17.5 Å². The van der Waals surface area contributed by atoms with Gasteiger partial charge in [0.1, 0.15) is 24.7 Å². The fourth-order valence-corrected chi connectivity index (χ4v) is 4.67. The molecule has 0 unspecified atom stereocenters. The fourth-order valence-electron chi connectivity index (χ4n) is 4.67. The van der Waals surface area contributed by atoms with Crippen LogP contribution in [0.2, 0.25) is 0 Å². The van der Waals surface area contributed by atoms with E-state index < -0.39 is 29.1 Å². The van der Waals surface area contributed by atoms with Crippen LogP contribution in [0.3, 0.4) is 0 Å². The Morgan fingerprint density at radius 2 is 1.50 bits per heavy atom. The van der Waals surface area contributed by atoms with Crippen LogP contribution in [0.15, 0.2) is 72.8 Å². The summed E-state index contributed by atoms with van der Waals surface area (Å²) in [6.07, 6.45) is 0.397. The summed E-state index contributed by atoms with van der Waals surface area (Å²) in [5, 5.41) is 0. The largest absolute Gasteiger partial charge is 0.489 e. The van der Waals surface area contributed by atoms with Crippen LogP contribution in [0.5, 0.6) is 11.5 Å². The summed E-state index contributed by atoms with van der Waals surface area (Å²) in [6.45, 7) is 5.15. The van der Waals surface area contributed by atoms with Crippen LogP contribution < -0.4 is 9.47 Å². The quantitative estimate of drug-likeness (QED) is 0.300. The highest BCUT2D eigenvalue weighted by Gasteiger charge is 2.56. The smallest absolute Gasteiger partial charge is 0.304 e. The van der Waals surface area contributed by atoms with Crippen LogP contribution in [-0.4, -0.2) is 17.5 Å². The number of esters is 1. The van der Waals surface area contributed by atoms with Crippen LogP contribution in [0, 0.1) is 5.92 Å². The molecular formula is C30H30O6. The molecule has 2 atom stereocenters. The predicted molar refractivity (Wildman–Crippen MR) is 135 cm³/mol. The zero-order chi connectivity index (χ0) is 25.7. The summed E-state index contributed by atoms with van der Waals surface area (Å²) in [5.74, 6) is -1.30. The zero-order valence-corrected chi connectivity index (χ0v) is 20.8. The van der Waals surface area contributed by atoms with Crippen molar-refractivity contribution in [1.82, 2.24) is 0 Å². The second kappa shape index (κ2) is 10.8. The lowest BCUT2D eigenvalue weighted by Crippen LogP contribution is -2.53. The van der Waals surface area contributed by atoms with Crippen molar-refractivity contribution < 1.29 is 28.6 Å². The molecule has 0 N–H and O–H groups in total. The van der Waals surface area contributed by atoms with Crippen molar-refractivity contribution in [2.24, 2.45) is 5.92 Å². The molecule has 0 bridgehead atoms. The Bertz CT molecular complexity index is 1250. The van der Waals surface area contributed by atoms with E-state index >= 15 is 0 Å². The molecule has 1 aliphatic carbocycles. The lowest BCUT2D eigenvalue weighted by atomic mass is 9.70. The number of carbonyl (C=O) groups is 3. The Morgan fingerprint density at radius 1 is 0.917 bits per heavy atom. The van der Waals surface area contributed by atoms with E-state index in [4.69, 9.17) is 14.2 Å². The number of fused-ring (bicyclic) bond motifs is 1. The van der Waals surface area contributed by atoms with E-state index in [1.807, 2.05) is 66.7 Å². The van der Waals surface area contributed by atoms with Crippen molar-refractivity contribution in [2.75, 3.05) is 0 Å².